The molecule has 0 spiro atoms. The molecule has 0 aliphatic carbocycles. The highest BCUT2D eigenvalue weighted by Gasteiger charge is 2.22. The van der Waals surface area contributed by atoms with Crippen LogP contribution in [0.15, 0.2) is 24.3 Å². The standard InChI is InChI=1S/C12H19NO3S/c1-9-6-4-5-7-12(9)11(3)13-17(15,16)10(2)8-14/h4-7,10-11,13-14H,8H2,1-3H3. The Morgan fingerprint density at radius 1 is 1.29 bits per heavy atom. The summed E-state index contributed by atoms with van der Waals surface area (Å²) in [6, 6.07) is 7.33. The maximum atomic E-state index is 11.8. The van der Waals surface area contributed by atoms with Crippen LogP contribution in [0.1, 0.15) is 31.0 Å². The molecule has 0 amide bonds. The van der Waals surface area contributed by atoms with Gasteiger partial charge < -0.3 is 5.11 Å². The maximum Gasteiger partial charge on any atom is 0.217 e. The predicted molar refractivity (Wildman–Crippen MR) is 68.2 cm³/mol. The van der Waals surface area contributed by atoms with E-state index in [0.717, 1.165) is 11.1 Å². The van der Waals surface area contributed by atoms with Gasteiger partial charge in [-0.3, -0.25) is 0 Å². The van der Waals surface area contributed by atoms with Crippen molar-refractivity contribution in [2.24, 2.45) is 0 Å². The highest BCUT2D eigenvalue weighted by Crippen LogP contribution is 2.18. The van der Waals surface area contributed by atoms with Crippen LogP contribution < -0.4 is 4.72 Å². The van der Waals surface area contributed by atoms with Crippen molar-refractivity contribution in [3.8, 4) is 0 Å². The molecule has 0 aromatic heterocycles. The second-order valence-corrected chi connectivity index (χ2v) is 6.36. The van der Waals surface area contributed by atoms with Gasteiger partial charge in [-0.15, -0.1) is 0 Å². The van der Waals surface area contributed by atoms with Crippen LogP contribution in [-0.4, -0.2) is 25.4 Å². The van der Waals surface area contributed by atoms with Crippen LogP contribution in [0.5, 0.6) is 0 Å². The Morgan fingerprint density at radius 3 is 2.41 bits per heavy atom. The molecule has 0 bridgehead atoms. The van der Waals surface area contributed by atoms with Crippen molar-refractivity contribution in [2.45, 2.75) is 32.1 Å². The fraction of sp³-hybridized carbons (Fsp3) is 0.500. The number of aryl methyl sites for hydroxylation is 1. The third kappa shape index (κ3) is 3.52. The summed E-state index contributed by atoms with van der Waals surface area (Å²) in [5.74, 6) is 0. The minimum Gasteiger partial charge on any atom is -0.395 e. The summed E-state index contributed by atoms with van der Waals surface area (Å²) >= 11 is 0. The van der Waals surface area contributed by atoms with Crippen molar-refractivity contribution < 1.29 is 13.5 Å². The maximum absolute atomic E-state index is 11.8. The average Bonchev–Trinajstić information content (AvgIpc) is 2.27. The van der Waals surface area contributed by atoms with E-state index in [1.807, 2.05) is 31.2 Å². The van der Waals surface area contributed by atoms with Crippen LogP contribution in [0.2, 0.25) is 0 Å². The molecule has 0 saturated heterocycles. The van der Waals surface area contributed by atoms with Crippen LogP contribution in [0.25, 0.3) is 0 Å². The Bertz CT molecular complexity index is 470. The van der Waals surface area contributed by atoms with Gasteiger partial charge in [0.2, 0.25) is 10.0 Å². The fourth-order valence-corrected chi connectivity index (χ4v) is 2.65. The summed E-state index contributed by atoms with van der Waals surface area (Å²) in [6.07, 6.45) is 0. The predicted octanol–water partition coefficient (Wildman–Crippen LogP) is 1.36. The molecular weight excluding hydrogens is 238 g/mol. The molecule has 0 radical (unpaired) electrons. The van der Waals surface area contributed by atoms with Gasteiger partial charge in [-0.25, -0.2) is 13.1 Å². The number of rotatable bonds is 5. The topological polar surface area (TPSA) is 66.4 Å². The van der Waals surface area contributed by atoms with Crippen LogP contribution in [0.3, 0.4) is 0 Å². The highest BCUT2D eigenvalue weighted by molar-refractivity contribution is 7.90. The van der Waals surface area contributed by atoms with Crippen LogP contribution in [0.4, 0.5) is 0 Å². The third-order valence-electron chi connectivity index (χ3n) is 2.78. The van der Waals surface area contributed by atoms with E-state index in [1.165, 1.54) is 6.92 Å². The first-order chi connectivity index (χ1) is 7.88. The molecule has 1 rings (SSSR count). The van der Waals surface area contributed by atoms with Crippen LogP contribution in [-0.2, 0) is 10.0 Å². The minimum atomic E-state index is -3.47. The quantitative estimate of drug-likeness (QED) is 0.837. The van der Waals surface area contributed by atoms with E-state index in [-0.39, 0.29) is 12.6 Å². The molecule has 0 fully saturated rings. The van der Waals surface area contributed by atoms with E-state index < -0.39 is 15.3 Å². The van der Waals surface area contributed by atoms with E-state index in [2.05, 4.69) is 4.72 Å². The Kier molecular flexibility index (Phi) is 4.68. The lowest BCUT2D eigenvalue weighted by molar-refractivity contribution is 0.294. The van der Waals surface area contributed by atoms with Crippen molar-refractivity contribution in [3.05, 3.63) is 35.4 Å². The smallest absolute Gasteiger partial charge is 0.217 e. The van der Waals surface area contributed by atoms with Gasteiger partial charge in [0.25, 0.3) is 0 Å². The fourth-order valence-electron chi connectivity index (χ4n) is 1.60. The van der Waals surface area contributed by atoms with Crippen LogP contribution >= 0.6 is 0 Å². The second-order valence-electron chi connectivity index (χ2n) is 4.23. The largest absolute Gasteiger partial charge is 0.395 e. The van der Waals surface area contributed by atoms with Gasteiger partial charge in [0.1, 0.15) is 0 Å². The molecule has 5 heteroatoms. The van der Waals surface area contributed by atoms with Gasteiger partial charge in [-0.05, 0) is 31.9 Å². The van der Waals surface area contributed by atoms with Gasteiger partial charge in [-0.1, -0.05) is 24.3 Å². The van der Waals surface area contributed by atoms with E-state index in [4.69, 9.17) is 5.11 Å². The molecule has 1 aromatic carbocycles. The van der Waals surface area contributed by atoms with Gasteiger partial charge in [0, 0.05) is 6.04 Å². The lowest BCUT2D eigenvalue weighted by atomic mass is 10.0. The molecule has 2 atom stereocenters. The second kappa shape index (κ2) is 5.62. The highest BCUT2D eigenvalue weighted by atomic mass is 32.2. The summed E-state index contributed by atoms with van der Waals surface area (Å²) in [5, 5.41) is 8.09. The average molecular weight is 257 g/mol. The Hall–Kier alpha value is -0.910. The molecule has 17 heavy (non-hydrogen) atoms. The van der Waals surface area contributed by atoms with E-state index in [9.17, 15) is 8.42 Å². The molecule has 0 heterocycles. The molecule has 96 valence electrons. The summed E-state index contributed by atoms with van der Waals surface area (Å²) in [4.78, 5) is 0. The molecule has 0 aliphatic rings. The minimum absolute atomic E-state index is 0.296. The summed E-state index contributed by atoms with van der Waals surface area (Å²) in [5.41, 5.74) is 1.99. The first kappa shape index (κ1) is 14.2. The molecule has 0 aliphatic heterocycles. The number of benzene rings is 1. The SMILES string of the molecule is Cc1ccccc1C(C)NS(=O)(=O)C(C)CO. The lowest BCUT2D eigenvalue weighted by Gasteiger charge is -2.19. The summed E-state index contributed by atoms with van der Waals surface area (Å²) < 4.78 is 26.1. The molecule has 1 aromatic rings. The molecule has 0 saturated carbocycles. The van der Waals surface area contributed by atoms with E-state index in [0.29, 0.717) is 0 Å². The van der Waals surface area contributed by atoms with Crippen molar-refractivity contribution in [1.29, 1.82) is 0 Å². The van der Waals surface area contributed by atoms with Crippen molar-refractivity contribution >= 4 is 10.0 Å². The van der Waals surface area contributed by atoms with Crippen molar-refractivity contribution in [2.75, 3.05) is 6.61 Å². The monoisotopic (exact) mass is 257 g/mol. The lowest BCUT2D eigenvalue weighted by Crippen LogP contribution is -2.36. The van der Waals surface area contributed by atoms with Gasteiger partial charge in [0.05, 0.1) is 11.9 Å². The molecular formula is C12H19NO3S. The number of nitrogens with one attached hydrogen (secondary N) is 1. The zero-order valence-corrected chi connectivity index (χ0v) is 11.2. The van der Waals surface area contributed by atoms with Gasteiger partial charge >= 0.3 is 0 Å². The normalized spacial score (nSPS) is 15.5. The zero-order chi connectivity index (χ0) is 13.1. The summed E-state index contributed by atoms with van der Waals surface area (Å²) in [7, 11) is -3.47. The Labute approximate surface area is 103 Å². The van der Waals surface area contributed by atoms with E-state index >= 15 is 0 Å². The van der Waals surface area contributed by atoms with Crippen LogP contribution in [0, 0.1) is 6.92 Å². The third-order valence-corrected chi connectivity index (χ3v) is 4.67. The first-order valence-electron chi connectivity index (χ1n) is 5.56. The number of aliphatic hydroxyl groups excluding tert-OH is 1. The van der Waals surface area contributed by atoms with Crippen molar-refractivity contribution in [1.82, 2.24) is 4.72 Å². The van der Waals surface area contributed by atoms with E-state index in [1.54, 1.807) is 6.92 Å². The number of sulfonamides is 1. The number of hydrogen-bond donors (Lipinski definition) is 2. The Balaban J connectivity index is 2.87. The molecule has 2 unspecified atom stereocenters. The number of aliphatic hydroxyl groups is 1. The van der Waals surface area contributed by atoms with Gasteiger partial charge in [0.15, 0.2) is 0 Å². The molecule has 4 nitrogen and oxygen atoms in total. The summed E-state index contributed by atoms with van der Waals surface area (Å²) in [6.45, 7) is 4.84. The molecule has 2 N–H and O–H groups in total. The first-order valence-corrected chi connectivity index (χ1v) is 7.10. The zero-order valence-electron chi connectivity index (χ0n) is 10.3. The number of hydrogen-bond acceptors (Lipinski definition) is 3. The van der Waals surface area contributed by atoms with Crippen molar-refractivity contribution in [3.63, 3.8) is 0 Å². The Morgan fingerprint density at radius 2 is 1.88 bits per heavy atom. The van der Waals surface area contributed by atoms with Gasteiger partial charge in [-0.2, -0.15) is 0 Å².